The van der Waals surface area contributed by atoms with Gasteiger partial charge in [0.25, 0.3) is 0 Å². The number of phenolic OH excluding ortho intramolecular Hbond substituents is 2. The number of methoxy groups -OCH3 is 1. The van der Waals surface area contributed by atoms with E-state index in [-0.39, 0.29) is 30.3 Å². The monoisotopic (exact) mass is 246 g/mol. The van der Waals surface area contributed by atoms with E-state index in [1.165, 1.54) is 19.2 Å². The van der Waals surface area contributed by atoms with Crippen LogP contribution in [0.2, 0.25) is 0 Å². The van der Waals surface area contributed by atoms with Gasteiger partial charge in [-0.2, -0.15) is 0 Å². The summed E-state index contributed by atoms with van der Waals surface area (Å²) in [7, 11) is 1.26. The summed E-state index contributed by atoms with van der Waals surface area (Å²) in [6.45, 7) is 0. The highest BCUT2D eigenvalue weighted by molar-refractivity contribution is 5.75. The van der Waals surface area contributed by atoms with E-state index < -0.39 is 12.0 Å². The molecule has 0 unspecified atom stereocenters. The first-order valence-electron chi connectivity index (χ1n) is 4.39. The molecule has 5 nitrogen and oxygen atoms in total. The fourth-order valence-electron chi connectivity index (χ4n) is 1.18. The van der Waals surface area contributed by atoms with Gasteiger partial charge in [0.05, 0.1) is 7.11 Å². The molecule has 0 aromatic heterocycles. The van der Waals surface area contributed by atoms with Crippen LogP contribution < -0.4 is 18.1 Å². The maximum absolute atomic E-state index is 11.0. The van der Waals surface area contributed by atoms with Crippen molar-refractivity contribution in [3.8, 4) is 11.5 Å². The van der Waals surface area contributed by atoms with Gasteiger partial charge in [-0.3, -0.25) is 4.79 Å². The van der Waals surface area contributed by atoms with E-state index in [1.807, 2.05) is 0 Å². The van der Waals surface area contributed by atoms with Crippen molar-refractivity contribution >= 4 is 5.97 Å². The molecule has 6 heteroatoms. The number of carbonyl (C=O) groups excluding carboxylic acids is 1. The highest BCUT2D eigenvalue weighted by atomic mass is 35.5. The average molecular weight is 247 g/mol. The molecule has 1 rings (SSSR count). The van der Waals surface area contributed by atoms with Crippen LogP contribution in [0.15, 0.2) is 18.2 Å². The SMILES string of the molecule is COC(=O)[C@@H](N)Cc1ccc(O)c(O)c1.[Cl-]. The molecule has 0 fully saturated rings. The summed E-state index contributed by atoms with van der Waals surface area (Å²) in [6.07, 6.45) is 0.251. The Kier molecular flexibility index (Phi) is 5.63. The molecule has 0 radical (unpaired) electrons. The van der Waals surface area contributed by atoms with Gasteiger partial charge in [-0.1, -0.05) is 6.07 Å². The van der Waals surface area contributed by atoms with Crippen LogP contribution in [0.3, 0.4) is 0 Å². The number of aromatic hydroxyl groups is 2. The van der Waals surface area contributed by atoms with Crippen molar-refractivity contribution in [2.45, 2.75) is 12.5 Å². The van der Waals surface area contributed by atoms with Crippen LogP contribution in [0.5, 0.6) is 11.5 Å². The van der Waals surface area contributed by atoms with E-state index in [1.54, 1.807) is 6.07 Å². The number of benzene rings is 1. The van der Waals surface area contributed by atoms with E-state index in [2.05, 4.69) is 4.74 Å². The lowest BCUT2D eigenvalue weighted by Crippen LogP contribution is -3.00. The fourth-order valence-corrected chi connectivity index (χ4v) is 1.18. The summed E-state index contributed by atoms with van der Waals surface area (Å²) in [5.41, 5.74) is 6.18. The Bertz CT molecular complexity index is 370. The predicted molar refractivity (Wildman–Crippen MR) is 53.5 cm³/mol. The highest BCUT2D eigenvalue weighted by Crippen LogP contribution is 2.25. The largest absolute Gasteiger partial charge is 1.00 e. The first kappa shape index (κ1) is 14.5. The Morgan fingerprint density at radius 2 is 2.06 bits per heavy atom. The van der Waals surface area contributed by atoms with E-state index in [0.29, 0.717) is 5.56 Å². The van der Waals surface area contributed by atoms with Gasteiger partial charge in [-0.25, -0.2) is 0 Å². The van der Waals surface area contributed by atoms with Crippen LogP contribution in [0, 0.1) is 0 Å². The summed E-state index contributed by atoms with van der Waals surface area (Å²) in [5.74, 6) is -0.947. The van der Waals surface area contributed by atoms with Crippen LogP contribution in [0.1, 0.15) is 5.56 Å². The third kappa shape index (κ3) is 3.60. The molecule has 0 saturated heterocycles. The Hall–Kier alpha value is -1.46. The third-order valence-electron chi connectivity index (χ3n) is 2.00. The lowest BCUT2D eigenvalue weighted by atomic mass is 10.1. The van der Waals surface area contributed by atoms with Crippen LogP contribution in [0.4, 0.5) is 0 Å². The predicted octanol–water partition coefficient (Wildman–Crippen LogP) is -2.86. The molecule has 90 valence electrons. The van der Waals surface area contributed by atoms with Crippen LogP contribution >= 0.6 is 0 Å². The van der Waals surface area contributed by atoms with Crippen molar-refractivity contribution in [3.05, 3.63) is 23.8 Å². The molecule has 1 aromatic carbocycles. The minimum Gasteiger partial charge on any atom is -1.00 e. The highest BCUT2D eigenvalue weighted by Gasteiger charge is 2.14. The average Bonchev–Trinajstić information content (AvgIpc) is 2.22. The van der Waals surface area contributed by atoms with Crippen LogP contribution in [-0.2, 0) is 16.0 Å². The summed E-state index contributed by atoms with van der Waals surface area (Å²) >= 11 is 0. The lowest BCUT2D eigenvalue weighted by Gasteiger charge is -2.09. The van der Waals surface area contributed by atoms with Crippen molar-refractivity contribution in [1.29, 1.82) is 0 Å². The second-order valence-corrected chi connectivity index (χ2v) is 3.16. The Morgan fingerprint density at radius 1 is 1.44 bits per heavy atom. The molecular formula is C10H13ClNO4-. The number of carbonyl (C=O) groups is 1. The summed E-state index contributed by atoms with van der Waals surface area (Å²) < 4.78 is 4.46. The molecule has 1 atom stereocenters. The third-order valence-corrected chi connectivity index (χ3v) is 2.00. The second kappa shape index (κ2) is 6.19. The number of ether oxygens (including phenoxy) is 1. The molecule has 0 amide bonds. The van der Waals surface area contributed by atoms with E-state index in [9.17, 15) is 9.90 Å². The smallest absolute Gasteiger partial charge is 0.322 e. The first-order valence-corrected chi connectivity index (χ1v) is 4.39. The first-order chi connectivity index (χ1) is 7.04. The van der Waals surface area contributed by atoms with Gasteiger partial charge in [0, 0.05) is 0 Å². The zero-order valence-electron chi connectivity index (χ0n) is 8.68. The van der Waals surface area contributed by atoms with E-state index in [0.717, 1.165) is 0 Å². The summed E-state index contributed by atoms with van der Waals surface area (Å²) in [5, 5.41) is 18.3. The zero-order valence-corrected chi connectivity index (χ0v) is 9.44. The van der Waals surface area contributed by atoms with Gasteiger partial charge in [-0.15, -0.1) is 0 Å². The van der Waals surface area contributed by atoms with Crippen molar-refractivity contribution in [3.63, 3.8) is 0 Å². The second-order valence-electron chi connectivity index (χ2n) is 3.16. The Balaban J connectivity index is 0.00000225. The van der Waals surface area contributed by atoms with E-state index in [4.69, 9.17) is 10.8 Å². The minimum absolute atomic E-state index is 0. The topological polar surface area (TPSA) is 92.8 Å². The van der Waals surface area contributed by atoms with Crippen LogP contribution in [-0.4, -0.2) is 29.3 Å². The Labute approximate surface area is 99.2 Å². The standard InChI is InChI=1S/C10H13NO4.ClH/c1-15-10(14)7(11)4-6-2-3-8(12)9(13)5-6;/h2-3,5,7,12-13H,4,11H2,1H3;1H/p-1/t7-;/m0./s1. The number of esters is 1. The molecule has 16 heavy (non-hydrogen) atoms. The van der Waals surface area contributed by atoms with Crippen molar-refractivity contribution in [2.75, 3.05) is 7.11 Å². The van der Waals surface area contributed by atoms with Gasteiger partial charge in [0.2, 0.25) is 0 Å². The van der Waals surface area contributed by atoms with Gasteiger partial charge in [-0.05, 0) is 24.1 Å². The number of phenols is 2. The molecule has 0 aliphatic carbocycles. The maximum atomic E-state index is 11.0. The quantitative estimate of drug-likeness (QED) is 0.394. The lowest BCUT2D eigenvalue weighted by molar-refractivity contribution is -0.142. The minimum atomic E-state index is -0.765. The molecule has 0 bridgehead atoms. The molecule has 0 heterocycles. The van der Waals surface area contributed by atoms with Gasteiger partial charge in [0.1, 0.15) is 6.04 Å². The fraction of sp³-hybridized carbons (Fsp3) is 0.300. The van der Waals surface area contributed by atoms with Crippen molar-refractivity contribution in [2.24, 2.45) is 5.73 Å². The number of hydrogen-bond acceptors (Lipinski definition) is 5. The summed E-state index contributed by atoms with van der Waals surface area (Å²) in [4.78, 5) is 11.0. The number of halogens is 1. The van der Waals surface area contributed by atoms with Crippen molar-refractivity contribution < 1.29 is 32.2 Å². The molecule has 0 saturated carbocycles. The van der Waals surface area contributed by atoms with Gasteiger partial charge < -0.3 is 33.1 Å². The molecule has 0 spiro atoms. The summed E-state index contributed by atoms with van der Waals surface area (Å²) in [6, 6.07) is 3.52. The number of hydrogen-bond donors (Lipinski definition) is 3. The molecule has 1 aromatic rings. The van der Waals surface area contributed by atoms with Crippen molar-refractivity contribution in [1.82, 2.24) is 0 Å². The van der Waals surface area contributed by atoms with Gasteiger partial charge in [0.15, 0.2) is 11.5 Å². The normalized spacial score (nSPS) is 11.4. The Morgan fingerprint density at radius 3 is 2.56 bits per heavy atom. The van der Waals surface area contributed by atoms with Gasteiger partial charge >= 0.3 is 5.97 Å². The van der Waals surface area contributed by atoms with E-state index >= 15 is 0 Å². The maximum Gasteiger partial charge on any atom is 0.322 e. The molecular weight excluding hydrogens is 234 g/mol. The number of rotatable bonds is 3. The molecule has 4 N–H and O–H groups in total. The molecule has 0 aliphatic rings. The zero-order chi connectivity index (χ0) is 11.4. The molecule has 0 aliphatic heterocycles. The van der Waals surface area contributed by atoms with Crippen LogP contribution in [0.25, 0.3) is 0 Å². The number of nitrogens with two attached hydrogens (primary N) is 1.